The molecule has 2 atom stereocenters. The Labute approximate surface area is 140 Å². The van der Waals surface area contributed by atoms with E-state index in [4.69, 9.17) is 0 Å². The Balaban J connectivity index is 2.05. The lowest BCUT2D eigenvalue weighted by molar-refractivity contribution is -0.139. The molecular weight excluding hydrogens is 321 g/mol. The summed E-state index contributed by atoms with van der Waals surface area (Å²) < 4.78 is 38.6. The van der Waals surface area contributed by atoms with Crippen LogP contribution < -0.4 is 10.6 Å². The second-order valence-electron chi connectivity index (χ2n) is 7.30. The van der Waals surface area contributed by atoms with E-state index in [0.717, 1.165) is 30.5 Å². The second-order valence-corrected chi connectivity index (χ2v) is 7.30. The van der Waals surface area contributed by atoms with Crippen LogP contribution in [0.15, 0.2) is 6.20 Å². The van der Waals surface area contributed by atoms with Crippen LogP contribution in [0, 0.1) is 0 Å². The van der Waals surface area contributed by atoms with Crippen LogP contribution in [-0.4, -0.2) is 34.5 Å². The largest absolute Gasteiger partial charge is 0.405 e. The van der Waals surface area contributed by atoms with Gasteiger partial charge in [-0.3, -0.25) is 14.8 Å². The molecule has 136 valence electrons. The summed E-state index contributed by atoms with van der Waals surface area (Å²) >= 11 is 0. The standard InChI is InChI=1S/C16H25F3N4O/c1-10(14(24)20-9-16(17,18)19)22-12-6-5-7-13-11(12)8-21-23(13)15(2,3)4/h8,10,12,22H,5-7,9H2,1-4H3,(H,20,24)/t10-,12-/m0/s1. The van der Waals surface area contributed by atoms with Gasteiger partial charge in [0.05, 0.1) is 17.8 Å². The summed E-state index contributed by atoms with van der Waals surface area (Å²) in [4.78, 5) is 11.8. The van der Waals surface area contributed by atoms with Gasteiger partial charge in [0.1, 0.15) is 6.54 Å². The third kappa shape index (κ3) is 4.49. The van der Waals surface area contributed by atoms with Crippen molar-refractivity contribution in [2.75, 3.05) is 6.54 Å². The second kappa shape index (κ2) is 6.74. The summed E-state index contributed by atoms with van der Waals surface area (Å²) in [5.41, 5.74) is 2.03. The summed E-state index contributed by atoms with van der Waals surface area (Å²) in [6.07, 6.45) is 0.0987. The van der Waals surface area contributed by atoms with Crippen LogP contribution in [0.2, 0.25) is 0 Å². The van der Waals surface area contributed by atoms with Crippen LogP contribution >= 0.6 is 0 Å². The average molecular weight is 346 g/mol. The fraction of sp³-hybridized carbons (Fsp3) is 0.750. The number of nitrogens with zero attached hydrogens (tertiary/aromatic N) is 2. The Morgan fingerprint density at radius 2 is 2.08 bits per heavy atom. The van der Waals surface area contributed by atoms with Crippen molar-refractivity contribution in [3.05, 3.63) is 17.5 Å². The number of rotatable bonds is 4. The number of fused-ring (bicyclic) bond motifs is 1. The average Bonchev–Trinajstić information content (AvgIpc) is 2.88. The number of nitrogens with one attached hydrogen (secondary N) is 2. The van der Waals surface area contributed by atoms with E-state index in [1.165, 1.54) is 0 Å². The molecule has 1 aliphatic rings. The van der Waals surface area contributed by atoms with Gasteiger partial charge in [-0.2, -0.15) is 18.3 Å². The molecule has 0 bridgehead atoms. The molecule has 0 saturated heterocycles. The molecule has 1 aromatic heterocycles. The predicted octanol–water partition coefficient (Wildman–Crippen LogP) is 2.67. The van der Waals surface area contributed by atoms with Crippen molar-refractivity contribution < 1.29 is 18.0 Å². The lowest BCUT2D eigenvalue weighted by Gasteiger charge is -2.29. The lowest BCUT2D eigenvalue weighted by Crippen LogP contribution is -2.46. The third-order valence-corrected chi connectivity index (χ3v) is 4.13. The molecule has 0 radical (unpaired) electrons. The van der Waals surface area contributed by atoms with Crippen LogP contribution in [0.3, 0.4) is 0 Å². The maximum atomic E-state index is 12.2. The van der Waals surface area contributed by atoms with Gasteiger partial charge in [-0.1, -0.05) is 0 Å². The van der Waals surface area contributed by atoms with Crippen molar-refractivity contribution in [2.24, 2.45) is 0 Å². The Morgan fingerprint density at radius 3 is 2.67 bits per heavy atom. The molecule has 1 aromatic rings. The maximum Gasteiger partial charge on any atom is 0.405 e. The van der Waals surface area contributed by atoms with E-state index in [-0.39, 0.29) is 11.6 Å². The molecular formula is C16H25F3N4O. The summed E-state index contributed by atoms with van der Waals surface area (Å²) in [6, 6.07) is -0.780. The zero-order valence-electron chi connectivity index (χ0n) is 14.5. The zero-order valence-corrected chi connectivity index (χ0v) is 14.5. The minimum Gasteiger partial charge on any atom is -0.346 e. The molecule has 8 heteroatoms. The van der Waals surface area contributed by atoms with E-state index >= 15 is 0 Å². The summed E-state index contributed by atoms with van der Waals surface area (Å²) in [5, 5.41) is 9.53. The van der Waals surface area contributed by atoms with Gasteiger partial charge >= 0.3 is 6.18 Å². The maximum absolute atomic E-state index is 12.2. The van der Waals surface area contributed by atoms with E-state index in [9.17, 15) is 18.0 Å². The van der Waals surface area contributed by atoms with Crippen molar-refractivity contribution in [1.29, 1.82) is 0 Å². The molecule has 2 rings (SSSR count). The smallest absolute Gasteiger partial charge is 0.346 e. The first-order valence-corrected chi connectivity index (χ1v) is 8.17. The molecule has 0 fully saturated rings. The molecule has 1 amide bonds. The monoisotopic (exact) mass is 346 g/mol. The van der Waals surface area contributed by atoms with E-state index in [0.29, 0.717) is 0 Å². The minimum absolute atomic E-state index is 0.0727. The first-order chi connectivity index (χ1) is 11.0. The highest BCUT2D eigenvalue weighted by atomic mass is 19.4. The Morgan fingerprint density at radius 1 is 1.42 bits per heavy atom. The van der Waals surface area contributed by atoms with Crippen LogP contribution in [0.5, 0.6) is 0 Å². The van der Waals surface area contributed by atoms with E-state index in [1.54, 1.807) is 13.1 Å². The zero-order chi connectivity index (χ0) is 18.1. The number of carbonyl (C=O) groups is 1. The number of hydrogen-bond acceptors (Lipinski definition) is 3. The Bertz CT molecular complexity index is 589. The Hall–Kier alpha value is -1.57. The normalized spacial score (nSPS) is 19.7. The van der Waals surface area contributed by atoms with E-state index < -0.39 is 24.7 Å². The number of halogens is 3. The van der Waals surface area contributed by atoms with E-state index in [2.05, 4.69) is 31.2 Å². The van der Waals surface area contributed by atoms with Gasteiger partial charge in [-0.15, -0.1) is 0 Å². The van der Waals surface area contributed by atoms with Crippen molar-refractivity contribution in [1.82, 2.24) is 20.4 Å². The van der Waals surface area contributed by atoms with Crippen molar-refractivity contribution in [2.45, 2.75) is 70.8 Å². The summed E-state index contributed by atoms with van der Waals surface area (Å²) in [5.74, 6) is -0.650. The molecule has 5 nitrogen and oxygen atoms in total. The molecule has 0 aromatic carbocycles. The number of alkyl halides is 3. The highest BCUT2D eigenvalue weighted by Gasteiger charge is 2.31. The Kier molecular flexibility index (Phi) is 5.27. The van der Waals surface area contributed by atoms with Gasteiger partial charge in [0.2, 0.25) is 5.91 Å². The highest BCUT2D eigenvalue weighted by molar-refractivity contribution is 5.81. The third-order valence-electron chi connectivity index (χ3n) is 4.13. The minimum atomic E-state index is -4.40. The molecule has 1 aliphatic carbocycles. The first kappa shape index (κ1) is 18.8. The quantitative estimate of drug-likeness (QED) is 0.881. The van der Waals surface area contributed by atoms with Gasteiger partial charge in [-0.25, -0.2) is 0 Å². The van der Waals surface area contributed by atoms with Gasteiger partial charge in [0.25, 0.3) is 0 Å². The molecule has 0 aliphatic heterocycles. The van der Waals surface area contributed by atoms with Crippen molar-refractivity contribution in [3.8, 4) is 0 Å². The molecule has 24 heavy (non-hydrogen) atoms. The summed E-state index contributed by atoms with van der Waals surface area (Å²) in [6.45, 7) is 6.49. The van der Waals surface area contributed by atoms with Crippen LogP contribution in [0.25, 0.3) is 0 Å². The number of aromatic nitrogens is 2. The van der Waals surface area contributed by atoms with Crippen LogP contribution in [0.1, 0.15) is 57.8 Å². The van der Waals surface area contributed by atoms with E-state index in [1.807, 2.05) is 10.00 Å². The number of amides is 1. The molecule has 0 unspecified atom stereocenters. The van der Waals surface area contributed by atoms with Gasteiger partial charge in [0, 0.05) is 17.3 Å². The summed E-state index contributed by atoms with van der Waals surface area (Å²) in [7, 11) is 0. The van der Waals surface area contributed by atoms with Crippen LogP contribution in [-0.2, 0) is 16.8 Å². The van der Waals surface area contributed by atoms with Gasteiger partial charge in [0.15, 0.2) is 0 Å². The first-order valence-electron chi connectivity index (χ1n) is 8.17. The topological polar surface area (TPSA) is 59.0 Å². The van der Waals surface area contributed by atoms with Crippen molar-refractivity contribution in [3.63, 3.8) is 0 Å². The predicted molar refractivity (Wildman–Crippen MR) is 84.6 cm³/mol. The number of carbonyl (C=O) groups excluding carboxylic acids is 1. The molecule has 0 spiro atoms. The molecule has 1 heterocycles. The fourth-order valence-corrected chi connectivity index (χ4v) is 3.03. The SMILES string of the molecule is C[C@H](N[C@H]1CCCc2c1cnn2C(C)(C)C)C(=O)NCC(F)(F)F. The lowest BCUT2D eigenvalue weighted by atomic mass is 9.91. The van der Waals surface area contributed by atoms with Gasteiger partial charge in [-0.05, 0) is 47.0 Å². The van der Waals surface area contributed by atoms with Crippen LogP contribution in [0.4, 0.5) is 13.2 Å². The molecule has 0 saturated carbocycles. The van der Waals surface area contributed by atoms with Gasteiger partial charge < -0.3 is 5.32 Å². The highest BCUT2D eigenvalue weighted by Crippen LogP contribution is 2.32. The molecule has 2 N–H and O–H groups in total. The number of hydrogen-bond donors (Lipinski definition) is 2. The fourth-order valence-electron chi connectivity index (χ4n) is 3.03. The van der Waals surface area contributed by atoms with Crippen molar-refractivity contribution >= 4 is 5.91 Å².